The fourth-order valence-electron chi connectivity index (χ4n) is 2.76. The summed E-state index contributed by atoms with van der Waals surface area (Å²) in [5.74, 6) is 0. The highest BCUT2D eigenvalue weighted by Crippen LogP contribution is 2.13. The first kappa shape index (κ1) is 20.7. The molecule has 0 aromatic heterocycles. The van der Waals surface area contributed by atoms with Crippen LogP contribution in [-0.4, -0.2) is 11.2 Å². The zero-order valence-corrected chi connectivity index (χ0v) is 14.8. The quantitative estimate of drug-likeness (QED) is 0.245. The number of unbranched alkanes of at least 4 members (excludes halogenated alkanes) is 11. The molecule has 0 aliphatic carbocycles. The van der Waals surface area contributed by atoms with Crippen molar-refractivity contribution in [3.8, 4) is 0 Å². The molecule has 1 N–H and O–H groups in total. The standard InChI is InChI=1S/C20H40O/c1-3-5-7-8-9-10-11-12-13-14-15-17-19-20(21)18-16-6-4-2/h6,16,20-21H,3-5,7-15,17-19H2,1-2H3/b16-6+. The first-order valence-electron chi connectivity index (χ1n) is 9.64. The van der Waals surface area contributed by atoms with Gasteiger partial charge in [-0.25, -0.2) is 0 Å². The number of hydrogen-bond acceptors (Lipinski definition) is 1. The first-order valence-corrected chi connectivity index (χ1v) is 9.64. The molecule has 21 heavy (non-hydrogen) atoms. The Balaban J connectivity index is 3.10. The SMILES string of the molecule is CC/C=C/CC(O)CCCCCCCCCCCCCC. The molecule has 1 nitrogen and oxygen atoms in total. The van der Waals surface area contributed by atoms with Crippen LogP contribution in [0.15, 0.2) is 12.2 Å². The molecule has 0 amide bonds. The van der Waals surface area contributed by atoms with Gasteiger partial charge in [-0.05, 0) is 19.3 Å². The molecular formula is C20H40O. The average molecular weight is 297 g/mol. The lowest BCUT2D eigenvalue weighted by Crippen LogP contribution is -2.04. The lowest BCUT2D eigenvalue weighted by Gasteiger charge is -2.07. The van der Waals surface area contributed by atoms with Crippen LogP contribution in [0.25, 0.3) is 0 Å². The fraction of sp³-hybridized carbons (Fsp3) is 0.900. The second-order valence-corrected chi connectivity index (χ2v) is 6.45. The van der Waals surface area contributed by atoms with Gasteiger partial charge in [-0.1, -0.05) is 103 Å². The van der Waals surface area contributed by atoms with Gasteiger partial charge in [-0.2, -0.15) is 0 Å². The largest absolute Gasteiger partial charge is 0.393 e. The van der Waals surface area contributed by atoms with Gasteiger partial charge in [0.25, 0.3) is 0 Å². The highest BCUT2D eigenvalue weighted by molar-refractivity contribution is 4.82. The summed E-state index contributed by atoms with van der Waals surface area (Å²) in [6.07, 6.45) is 23.6. The van der Waals surface area contributed by atoms with E-state index in [9.17, 15) is 5.11 Å². The monoisotopic (exact) mass is 296 g/mol. The number of aliphatic hydroxyl groups excluding tert-OH is 1. The predicted molar refractivity (Wildman–Crippen MR) is 95.7 cm³/mol. The summed E-state index contributed by atoms with van der Waals surface area (Å²) in [4.78, 5) is 0. The minimum atomic E-state index is -0.115. The van der Waals surface area contributed by atoms with Crippen molar-refractivity contribution in [2.24, 2.45) is 0 Å². The van der Waals surface area contributed by atoms with Crippen LogP contribution in [-0.2, 0) is 0 Å². The van der Waals surface area contributed by atoms with Gasteiger partial charge in [-0.3, -0.25) is 0 Å². The Morgan fingerprint density at radius 2 is 1.14 bits per heavy atom. The van der Waals surface area contributed by atoms with Gasteiger partial charge in [0.1, 0.15) is 0 Å². The molecule has 0 aromatic carbocycles. The van der Waals surface area contributed by atoms with E-state index in [2.05, 4.69) is 26.0 Å². The second-order valence-electron chi connectivity index (χ2n) is 6.45. The predicted octanol–water partition coefficient (Wildman–Crippen LogP) is 6.79. The molecule has 0 fully saturated rings. The lowest BCUT2D eigenvalue weighted by atomic mass is 10.0. The molecule has 0 spiro atoms. The highest BCUT2D eigenvalue weighted by atomic mass is 16.3. The molecule has 126 valence electrons. The maximum Gasteiger partial charge on any atom is 0.0574 e. The number of allylic oxidation sites excluding steroid dienone is 1. The number of rotatable bonds is 16. The van der Waals surface area contributed by atoms with E-state index in [-0.39, 0.29) is 6.10 Å². The van der Waals surface area contributed by atoms with Crippen molar-refractivity contribution in [1.82, 2.24) is 0 Å². The minimum absolute atomic E-state index is 0.115. The molecule has 0 radical (unpaired) electrons. The van der Waals surface area contributed by atoms with E-state index in [0.29, 0.717) is 0 Å². The molecule has 0 aliphatic rings. The van der Waals surface area contributed by atoms with Crippen LogP contribution in [0.5, 0.6) is 0 Å². The molecule has 0 saturated heterocycles. The third-order valence-electron chi connectivity index (χ3n) is 4.20. The summed E-state index contributed by atoms with van der Waals surface area (Å²) in [5.41, 5.74) is 0. The van der Waals surface area contributed by atoms with Crippen molar-refractivity contribution < 1.29 is 5.11 Å². The van der Waals surface area contributed by atoms with Gasteiger partial charge < -0.3 is 5.11 Å². The Bertz CT molecular complexity index is 210. The van der Waals surface area contributed by atoms with E-state index in [4.69, 9.17) is 0 Å². The van der Waals surface area contributed by atoms with Gasteiger partial charge in [0.05, 0.1) is 6.10 Å². The van der Waals surface area contributed by atoms with E-state index >= 15 is 0 Å². The van der Waals surface area contributed by atoms with Crippen LogP contribution in [0.3, 0.4) is 0 Å². The highest BCUT2D eigenvalue weighted by Gasteiger charge is 2.01. The summed E-state index contributed by atoms with van der Waals surface area (Å²) >= 11 is 0. The molecule has 1 heteroatoms. The minimum Gasteiger partial charge on any atom is -0.393 e. The normalized spacial score (nSPS) is 13.1. The molecule has 0 aliphatic heterocycles. The molecule has 1 unspecified atom stereocenters. The van der Waals surface area contributed by atoms with Crippen LogP contribution in [0.4, 0.5) is 0 Å². The van der Waals surface area contributed by atoms with E-state index < -0.39 is 0 Å². The maximum atomic E-state index is 9.79. The number of aliphatic hydroxyl groups is 1. The lowest BCUT2D eigenvalue weighted by molar-refractivity contribution is 0.163. The third kappa shape index (κ3) is 17.6. The Morgan fingerprint density at radius 3 is 1.62 bits per heavy atom. The van der Waals surface area contributed by atoms with Gasteiger partial charge in [0.2, 0.25) is 0 Å². The van der Waals surface area contributed by atoms with E-state index in [1.54, 1.807) is 0 Å². The molecule has 0 aromatic rings. The molecule has 0 rings (SSSR count). The van der Waals surface area contributed by atoms with Crippen LogP contribution in [0.1, 0.15) is 110 Å². The number of hydrogen-bond donors (Lipinski definition) is 1. The van der Waals surface area contributed by atoms with Crippen LogP contribution >= 0.6 is 0 Å². The fourth-order valence-corrected chi connectivity index (χ4v) is 2.76. The van der Waals surface area contributed by atoms with Crippen molar-refractivity contribution in [1.29, 1.82) is 0 Å². The van der Waals surface area contributed by atoms with Crippen molar-refractivity contribution in [3.63, 3.8) is 0 Å². The summed E-state index contributed by atoms with van der Waals surface area (Å²) in [6, 6.07) is 0. The third-order valence-corrected chi connectivity index (χ3v) is 4.20. The summed E-state index contributed by atoms with van der Waals surface area (Å²) in [6.45, 7) is 4.41. The van der Waals surface area contributed by atoms with Gasteiger partial charge in [0.15, 0.2) is 0 Å². The molecule has 0 heterocycles. The summed E-state index contributed by atoms with van der Waals surface area (Å²) in [5, 5.41) is 9.79. The zero-order chi connectivity index (χ0) is 15.6. The Kier molecular flexibility index (Phi) is 17.5. The Labute approximate surface area is 134 Å². The van der Waals surface area contributed by atoms with E-state index in [1.807, 2.05) is 0 Å². The molecule has 0 saturated carbocycles. The van der Waals surface area contributed by atoms with Crippen molar-refractivity contribution >= 4 is 0 Å². The zero-order valence-electron chi connectivity index (χ0n) is 14.8. The molecule has 0 bridgehead atoms. The maximum absolute atomic E-state index is 9.79. The van der Waals surface area contributed by atoms with Crippen molar-refractivity contribution in [3.05, 3.63) is 12.2 Å². The Hall–Kier alpha value is -0.300. The van der Waals surface area contributed by atoms with Crippen LogP contribution in [0, 0.1) is 0 Å². The summed E-state index contributed by atoms with van der Waals surface area (Å²) < 4.78 is 0. The van der Waals surface area contributed by atoms with E-state index in [0.717, 1.165) is 19.3 Å². The van der Waals surface area contributed by atoms with Gasteiger partial charge in [-0.15, -0.1) is 0 Å². The van der Waals surface area contributed by atoms with Gasteiger partial charge in [0, 0.05) is 0 Å². The Morgan fingerprint density at radius 1 is 0.667 bits per heavy atom. The second kappa shape index (κ2) is 17.8. The van der Waals surface area contributed by atoms with Crippen LogP contribution in [0.2, 0.25) is 0 Å². The molecule has 1 atom stereocenters. The van der Waals surface area contributed by atoms with E-state index in [1.165, 1.54) is 77.0 Å². The smallest absolute Gasteiger partial charge is 0.0574 e. The summed E-state index contributed by atoms with van der Waals surface area (Å²) in [7, 11) is 0. The first-order chi connectivity index (χ1) is 10.3. The average Bonchev–Trinajstić information content (AvgIpc) is 2.48. The molecular weight excluding hydrogens is 256 g/mol. The topological polar surface area (TPSA) is 20.2 Å². The van der Waals surface area contributed by atoms with Crippen molar-refractivity contribution in [2.75, 3.05) is 0 Å². The van der Waals surface area contributed by atoms with Crippen molar-refractivity contribution in [2.45, 2.75) is 116 Å². The van der Waals surface area contributed by atoms with Crippen LogP contribution < -0.4 is 0 Å². The van der Waals surface area contributed by atoms with Gasteiger partial charge >= 0.3 is 0 Å².